The molecule has 2 unspecified atom stereocenters. The molecule has 0 aromatic carbocycles. The molecular weight excluding hydrogens is 271 g/mol. The maximum atomic E-state index is 14.1. The van der Waals surface area contributed by atoms with Crippen molar-refractivity contribution in [2.75, 3.05) is 34.3 Å². The Bertz CT molecular complexity index is 446. The summed E-state index contributed by atoms with van der Waals surface area (Å²) in [4.78, 5) is 16.0. The lowest BCUT2D eigenvalue weighted by atomic mass is 9.96. The van der Waals surface area contributed by atoms with Crippen LogP contribution in [0.5, 0.6) is 0 Å². The highest BCUT2D eigenvalue weighted by atomic mass is 19.1. The SMILES string of the molecule is COC1CC=CC(F)=C1CN1CCCCC1C(=O)N(C)C. The molecule has 2 aliphatic rings. The van der Waals surface area contributed by atoms with E-state index in [-0.39, 0.29) is 23.9 Å². The summed E-state index contributed by atoms with van der Waals surface area (Å²) in [6.07, 6.45) is 6.74. The van der Waals surface area contributed by atoms with Crippen molar-refractivity contribution in [3.63, 3.8) is 0 Å². The fourth-order valence-electron chi connectivity index (χ4n) is 3.09. The Kier molecular flexibility index (Phi) is 5.53. The molecule has 1 fully saturated rings. The number of methoxy groups -OCH3 is 1. The monoisotopic (exact) mass is 296 g/mol. The zero-order valence-electron chi connectivity index (χ0n) is 13.1. The number of carbonyl (C=O) groups excluding carboxylic acids is 1. The quantitative estimate of drug-likeness (QED) is 0.797. The van der Waals surface area contributed by atoms with Crippen molar-refractivity contribution >= 4 is 5.91 Å². The van der Waals surface area contributed by atoms with Gasteiger partial charge in [0, 0.05) is 33.3 Å². The molecule has 2 rings (SSSR count). The maximum absolute atomic E-state index is 14.1. The Morgan fingerprint density at radius 2 is 2.24 bits per heavy atom. The van der Waals surface area contributed by atoms with Gasteiger partial charge in [-0.15, -0.1) is 0 Å². The first-order chi connectivity index (χ1) is 10.0. The third-order valence-electron chi connectivity index (χ3n) is 4.31. The summed E-state index contributed by atoms with van der Waals surface area (Å²) in [6, 6.07) is -0.141. The molecule has 1 heterocycles. The predicted octanol–water partition coefficient (Wildman–Crippen LogP) is 2.13. The fraction of sp³-hybridized carbons (Fsp3) is 0.688. The number of allylic oxidation sites excluding steroid dienone is 2. The summed E-state index contributed by atoms with van der Waals surface area (Å²) in [6.45, 7) is 1.31. The number of hydrogen-bond acceptors (Lipinski definition) is 3. The number of amides is 1. The lowest BCUT2D eigenvalue weighted by molar-refractivity contribution is -0.135. The molecule has 1 aliphatic heterocycles. The molecule has 4 nitrogen and oxygen atoms in total. The van der Waals surface area contributed by atoms with Crippen LogP contribution in [0.1, 0.15) is 25.7 Å². The van der Waals surface area contributed by atoms with E-state index in [0.717, 1.165) is 25.8 Å². The number of ether oxygens (including phenoxy) is 1. The number of carbonyl (C=O) groups is 1. The van der Waals surface area contributed by atoms with Gasteiger partial charge in [-0.05, 0) is 31.9 Å². The molecule has 0 aromatic heterocycles. The molecule has 1 aliphatic carbocycles. The first kappa shape index (κ1) is 16.2. The first-order valence-electron chi connectivity index (χ1n) is 7.57. The summed E-state index contributed by atoms with van der Waals surface area (Å²) >= 11 is 0. The molecule has 2 atom stereocenters. The third kappa shape index (κ3) is 3.71. The van der Waals surface area contributed by atoms with Gasteiger partial charge in [-0.1, -0.05) is 12.5 Å². The Morgan fingerprint density at radius 1 is 1.48 bits per heavy atom. The average molecular weight is 296 g/mol. The van der Waals surface area contributed by atoms with Crippen LogP contribution in [-0.4, -0.2) is 62.1 Å². The van der Waals surface area contributed by atoms with E-state index in [2.05, 4.69) is 4.90 Å². The lowest BCUT2D eigenvalue weighted by Crippen LogP contribution is -2.50. The Balaban J connectivity index is 2.15. The van der Waals surface area contributed by atoms with Gasteiger partial charge >= 0.3 is 0 Å². The minimum atomic E-state index is -0.216. The summed E-state index contributed by atoms with van der Waals surface area (Å²) < 4.78 is 19.5. The van der Waals surface area contributed by atoms with Crippen LogP contribution in [0.2, 0.25) is 0 Å². The number of nitrogens with zero attached hydrogens (tertiary/aromatic N) is 2. The molecular formula is C16H25FN2O2. The van der Waals surface area contributed by atoms with Crippen LogP contribution in [0.3, 0.4) is 0 Å². The molecule has 0 spiro atoms. The van der Waals surface area contributed by atoms with Crippen molar-refractivity contribution in [3.05, 3.63) is 23.6 Å². The van der Waals surface area contributed by atoms with Crippen LogP contribution in [0.25, 0.3) is 0 Å². The number of likely N-dealkylation sites (N-methyl/N-ethyl adjacent to an activating group) is 1. The normalized spacial score (nSPS) is 27.0. The molecule has 0 bridgehead atoms. The highest BCUT2D eigenvalue weighted by molar-refractivity contribution is 5.81. The van der Waals surface area contributed by atoms with Crippen molar-refractivity contribution < 1.29 is 13.9 Å². The van der Waals surface area contributed by atoms with Gasteiger partial charge in [0.1, 0.15) is 5.83 Å². The number of hydrogen-bond donors (Lipinski definition) is 0. The van der Waals surface area contributed by atoms with Gasteiger partial charge in [-0.25, -0.2) is 4.39 Å². The van der Waals surface area contributed by atoms with E-state index in [4.69, 9.17) is 4.74 Å². The standard InChI is InChI=1S/C16H25FN2O2/c1-18(2)16(20)14-8-4-5-10-19(14)11-12-13(17)7-6-9-15(12)21-3/h6-7,14-15H,4-5,8-11H2,1-3H3. The number of piperidine rings is 1. The van der Waals surface area contributed by atoms with Crippen LogP contribution in [0, 0.1) is 0 Å². The van der Waals surface area contributed by atoms with E-state index in [9.17, 15) is 9.18 Å². The van der Waals surface area contributed by atoms with E-state index in [1.54, 1.807) is 32.2 Å². The van der Waals surface area contributed by atoms with E-state index >= 15 is 0 Å². The zero-order valence-corrected chi connectivity index (χ0v) is 13.1. The molecule has 5 heteroatoms. The van der Waals surface area contributed by atoms with Crippen LogP contribution in [0.4, 0.5) is 4.39 Å². The van der Waals surface area contributed by atoms with E-state index < -0.39 is 0 Å². The second-order valence-corrected chi connectivity index (χ2v) is 5.95. The summed E-state index contributed by atoms with van der Waals surface area (Å²) in [5.41, 5.74) is 0.665. The smallest absolute Gasteiger partial charge is 0.239 e. The zero-order chi connectivity index (χ0) is 15.4. The topological polar surface area (TPSA) is 32.8 Å². The second-order valence-electron chi connectivity index (χ2n) is 5.95. The summed E-state index contributed by atoms with van der Waals surface area (Å²) in [5, 5.41) is 0. The molecule has 118 valence electrons. The predicted molar refractivity (Wildman–Crippen MR) is 80.6 cm³/mol. The molecule has 0 aromatic rings. The molecule has 1 amide bonds. The van der Waals surface area contributed by atoms with Gasteiger partial charge in [0.25, 0.3) is 0 Å². The minimum Gasteiger partial charge on any atom is -0.377 e. The highest BCUT2D eigenvalue weighted by Gasteiger charge is 2.32. The second kappa shape index (κ2) is 7.18. The third-order valence-corrected chi connectivity index (χ3v) is 4.31. The first-order valence-corrected chi connectivity index (χ1v) is 7.57. The van der Waals surface area contributed by atoms with Gasteiger partial charge in [-0.3, -0.25) is 9.69 Å². The summed E-state index contributed by atoms with van der Waals surface area (Å²) in [5.74, 6) is -0.106. The molecule has 0 saturated carbocycles. The largest absolute Gasteiger partial charge is 0.377 e. The molecule has 0 N–H and O–H groups in total. The van der Waals surface area contributed by atoms with Crippen LogP contribution >= 0.6 is 0 Å². The van der Waals surface area contributed by atoms with Crippen LogP contribution in [0.15, 0.2) is 23.6 Å². The van der Waals surface area contributed by atoms with E-state index in [1.165, 1.54) is 6.08 Å². The maximum Gasteiger partial charge on any atom is 0.239 e. The van der Waals surface area contributed by atoms with Crippen LogP contribution < -0.4 is 0 Å². The van der Waals surface area contributed by atoms with Crippen molar-refractivity contribution in [1.82, 2.24) is 9.80 Å². The minimum absolute atomic E-state index is 0.107. The van der Waals surface area contributed by atoms with Crippen molar-refractivity contribution in [3.8, 4) is 0 Å². The van der Waals surface area contributed by atoms with Gasteiger partial charge in [0.2, 0.25) is 5.91 Å². The number of likely N-dealkylation sites (tertiary alicyclic amines) is 1. The Labute approximate surface area is 126 Å². The van der Waals surface area contributed by atoms with Crippen LogP contribution in [-0.2, 0) is 9.53 Å². The number of rotatable bonds is 4. The van der Waals surface area contributed by atoms with Crippen molar-refractivity contribution in [2.24, 2.45) is 0 Å². The van der Waals surface area contributed by atoms with Crippen molar-refractivity contribution in [2.45, 2.75) is 37.8 Å². The van der Waals surface area contributed by atoms with Gasteiger partial charge < -0.3 is 9.64 Å². The van der Waals surface area contributed by atoms with E-state index in [1.807, 2.05) is 0 Å². The average Bonchev–Trinajstić information content (AvgIpc) is 2.49. The van der Waals surface area contributed by atoms with Gasteiger partial charge in [0.15, 0.2) is 0 Å². The Hall–Kier alpha value is -1.20. The number of halogens is 1. The molecule has 0 radical (unpaired) electrons. The highest BCUT2D eigenvalue weighted by Crippen LogP contribution is 2.27. The van der Waals surface area contributed by atoms with Gasteiger partial charge in [-0.2, -0.15) is 0 Å². The summed E-state index contributed by atoms with van der Waals surface area (Å²) in [7, 11) is 5.16. The Morgan fingerprint density at radius 3 is 2.90 bits per heavy atom. The van der Waals surface area contributed by atoms with E-state index in [0.29, 0.717) is 18.5 Å². The molecule has 21 heavy (non-hydrogen) atoms. The lowest BCUT2D eigenvalue weighted by Gasteiger charge is -2.37. The molecule has 1 saturated heterocycles. The van der Waals surface area contributed by atoms with Crippen molar-refractivity contribution in [1.29, 1.82) is 0 Å². The fourth-order valence-corrected chi connectivity index (χ4v) is 3.09. The van der Waals surface area contributed by atoms with Gasteiger partial charge in [0.05, 0.1) is 12.1 Å².